The molecule has 1 aliphatic carbocycles. The predicted octanol–water partition coefficient (Wildman–Crippen LogP) is 4.45. The number of pyridine rings is 1. The summed E-state index contributed by atoms with van der Waals surface area (Å²) in [5, 5.41) is 0. The van der Waals surface area contributed by atoms with Crippen molar-refractivity contribution in [2.75, 3.05) is 0 Å². The van der Waals surface area contributed by atoms with E-state index in [1.54, 1.807) is 26.1 Å². The first-order chi connectivity index (χ1) is 15.4. The fourth-order valence-corrected chi connectivity index (χ4v) is 3.65. The second-order valence-electron chi connectivity index (χ2n) is 9.03. The van der Waals surface area contributed by atoms with Crippen molar-refractivity contribution >= 4 is 5.91 Å². The molecular formula is C24H23F3N4O2. The maximum absolute atomic E-state index is 13.8. The molecule has 1 amide bonds. The number of nitrogens with one attached hydrogen (secondary N) is 1. The van der Waals surface area contributed by atoms with Crippen LogP contribution in [0.2, 0.25) is 0 Å². The Morgan fingerprint density at radius 3 is 2.45 bits per heavy atom. The Balaban J connectivity index is 1.80. The highest BCUT2D eigenvalue weighted by molar-refractivity contribution is 5.80. The van der Waals surface area contributed by atoms with E-state index in [9.17, 15) is 22.8 Å². The van der Waals surface area contributed by atoms with Crippen LogP contribution in [0.25, 0.3) is 22.6 Å². The first kappa shape index (κ1) is 22.7. The Morgan fingerprint density at radius 1 is 1.15 bits per heavy atom. The van der Waals surface area contributed by atoms with Gasteiger partial charge in [0.05, 0.1) is 11.3 Å². The number of hydrogen-bond acceptors (Lipinski definition) is 4. The summed E-state index contributed by atoms with van der Waals surface area (Å²) in [5.41, 5.74) is 4.82. The van der Waals surface area contributed by atoms with Crippen molar-refractivity contribution in [2.24, 2.45) is 11.1 Å². The van der Waals surface area contributed by atoms with Gasteiger partial charge in [0.1, 0.15) is 5.82 Å². The number of nitrogens with zero attached hydrogens (tertiary/aromatic N) is 2. The number of carbonyl (C=O) groups excluding carboxylic acids is 1. The number of primary amides is 1. The molecule has 3 N–H and O–H groups in total. The Hall–Kier alpha value is -3.49. The van der Waals surface area contributed by atoms with Crippen LogP contribution in [0, 0.1) is 5.41 Å². The van der Waals surface area contributed by atoms with Crippen LogP contribution in [-0.4, -0.2) is 20.9 Å². The summed E-state index contributed by atoms with van der Waals surface area (Å²) in [7, 11) is 0. The summed E-state index contributed by atoms with van der Waals surface area (Å²) < 4.78 is 41.3. The van der Waals surface area contributed by atoms with Crippen LogP contribution in [0.3, 0.4) is 0 Å². The summed E-state index contributed by atoms with van der Waals surface area (Å²) >= 11 is 0. The SMILES string of the molecule is CC(C)(Cc1ccc(C(F)(F)F)c(-c2nc(-c3ccc(C4CC4)nc3)cc(=O)[nH]2)c1)C(N)=O. The van der Waals surface area contributed by atoms with Crippen molar-refractivity contribution in [1.29, 1.82) is 0 Å². The van der Waals surface area contributed by atoms with E-state index in [2.05, 4.69) is 15.0 Å². The first-order valence-corrected chi connectivity index (χ1v) is 10.5. The molecule has 4 rings (SSSR count). The smallest absolute Gasteiger partial charge is 0.369 e. The maximum Gasteiger partial charge on any atom is 0.417 e. The number of rotatable bonds is 6. The van der Waals surface area contributed by atoms with Gasteiger partial charge in [0.2, 0.25) is 5.91 Å². The molecule has 1 aliphatic rings. The minimum Gasteiger partial charge on any atom is -0.369 e. The standard InChI is InChI=1S/C24H23F3N4O2/c1-23(2,22(28)33)11-13-3-7-17(24(25,26)27)16(9-13)21-30-19(10-20(32)31-21)15-6-8-18(29-12-15)14-4-5-14/h3,6-10,12,14H,4-5,11H2,1-2H3,(H2,28,33)(H,30,31,32). The molecule has 1 fully saturated rings. The molecule has 0 radical (unpaired) electrons. The third-order valence-corrected chi connectivity index (χ3v) is 5.78. The third-order valence-electron chi connectivity index (χ3n) is 5.78. The van der Waals surface area contributed by atoms with Crippen LogP contribution in [0.4, 0.5) is 13.2 Å². The van der Waals surface area contributed by atoms with E-state index in [0.717, 1.165) is 24.6 Å². The normalized spacial score (nSPS) is 14.3. The number of benzene rings is 1. The molecule has 0 spiro atoms. The Bertz CT molecular complexity index is 1260. The van der Waals surface area contributed by atoms with Gasteiger partial charge in [-0.2, -0.15) is 13.2 Å². The summed E-state index contributed by atoms with van der Waals surface area (Å²) in [6.07, 6.45) is -0.791. The van der Waals surface area contributed by atoms with E-state index in [0.29, 0.717) is 17.0 Å². The number of alkyl halides is 3. The predicted molar refractivity (Wildman–Crippen MR) is 117 cm³/mol. The molecule has 6 nitrogen and oxygen atoms in total. The second-order valence-corrected chi connectivity index (χ2v) is 9.03. The van der Waals surface area contributed by atoms with Crippen LogP contribution in [0.1, 0.15) is 49.4 Å². The molecule has 1 saturated carbocycles. The van der Waals surface area contributed by atoms with E-state index < -0.39 is 28.6 Å². The Kier molecular flexibility index (Phi) is 5.59. The zero-order valence-corrected chi connectivity index (χ0v) is 18.2. The van der Waals surface area contributed by atoms with Crippen LogP contribution in [-0.2, 0) is 17.4 Å². The van der Waals surface area contributed by atoms with E-state index >= 15 is 0 Å². The minimum atomic E-state index is -4.67. The first-order valence-electron chi connectivity index (χ1n) is 10.5. The number of amides is 1. The Labute approximate surface area is 188 Å². The van der Waals surface area contributed by atoms with E-state index in [1.807, 2.05) is 6.07 Å². The largest absolute Gasteiger partial charge is 0.417 e. The van der Waals surface area contributed by atoms with Crippen LogP contribution >= 0.6 is 0 Å². The van der Waals surface area contributed by atoms with Crippen molar-refractivity contribution in [2.45, 2.75) is 45.2 Å². The van der Waals surface area contributed by atoms with Crippen molar-refractivity contribution in [3.63, 3.8) is 0 Å². The maximum atomic E-state index is 13.8. The number of carbonyl (C=O) groups is 1. The number of halogens is 3. The van der Waals surface area contributed by atoms with Gasteiger partial charge in [0, 0.05) is 40.4 Å². The number of hydrogen-bond donors (Lipinski definition) is 2. The Morgan fingerprint density at radius 2 is 1.88 bits per heavy atom. The van der Waals surface area contributed by atoms with E-state index in [1.165, 1.54) is 18.2 Å². The lowest BCUT2D eigenvalue weighted by atomic mass is 9.84. The molecular weight excluding hydrogens is 433 g/mol. The number of aromatic nitrogens is 3. The fraction of sp³-hybridized carbons (Fsp3) is 0.333. The van der Waals surface area contributed by atoms with Gasteiger partial charge in [-0.3, -0.25) is 14.6 Å². The van der Waals surface area contributed by atoms with Crippen molar-refractivity contribution in [3.8, 4) is 22.6 Å². The minimum absolute atomic E-state index is 0.129. The lowest BCUT2D eigenvalue weighted by molar-refractivity contribution is -0.137. The second kappa shape index (κ2) is 8.13. The highest BCUT2D eigenvalue weighted by Crippen LogP contribution is 2.40. The lowest BCUT2D eigenvalue weighted by Gasteiger charge is -2.21. The molecule has 0 saturated heterocycles. The van der Waals surface area contributed by atoms with Gasteiger partial charge in [-0.1, -0.05) is 19.9 Å². The number of aromatic amines is 1. The molecule has 0 aliphatic heterocycles. The quantitative estimate of drug-likeness (QED) is 0.572. The topological polar surface area (TPSA) is 102 Å². The van der Waals surface area contributed by atoms with Gasteiger partial charge in [-0.15, -0.1) is 0 Å². The molecule has 172 valence electrons. The number of H-pyrrole nitrogens is 1. The van der Waals surface area contributed by atoms with Gasteiger partial charge in [0.25, 0.3) is 5.56 Å². The van der Waals surface area contributed by atoms with Crippen LogP contribution in [0.5, 0.6) is 0 Å². The van der Waals surface area contributed by atoms with Crippen molar-refractivity contribution in [3.05, 3.63) is 69.8 Å². The third kappa shape index (κ3) is 4.97. The number of nitrogens with two attached hydrogens (primary N) is 1. The molecule has 3 aromatic rings. The average molecular weight is 456 g/mol. The molecule has 0 atom stereocenters. The lowest BCUT2D eigenvalue weighted by Crippen LogP contribution is -2.33. The van der Waals surface area contributed by atoms with Gasteiger partial charge in [-0.05, 0) is 49.1 Å². The summed E-state index contributed by atoms with van der Waals surface area (Å²) in [6.45, 7) is 3.23. The van der Waals surface area contributed by atoms with E-state index in [4.69, 9.17) is 5.73 Å². The monoisotopic (exact) mass is 456 g/mol. The molecule has 0 unspecified atom stereocenters. The highest BCUT2D eigenvalue weighted by Gasteiger charge is 2.35. The molecule has 0 bridgehead atoms. The van der Waals surface area contributed by atoms with Crippen molar-refractivity contribution < 1.29 is 18.0 Å². The van der Waals surface area contributed by atoms with Gasteiger partial charge < -0.3 is 10.7 Å². The summed E-state index contributed by atoms with van der Waals surface area (Å²) in [6, 6.07) is 8.38. The molecule has 9 heteroatoms. The average Bonchev–Trinajstić information content (AvgIpc) is 3.57. The molecule has 33 heavy (non-hydrogen) atoms. The fourth-order valence-electron chi connectivity index (χ4n) is 3.65. The van der Waals surface area contributed by atoms with Crippen molar-refractivity contribution in [1.82, 2.24) is 15.0 Å². The highest BCUT2D eigenvalue weighted by atomic mass is 19.4. The molecule has 1 aromatic carbocycles. The van der Waals surface area contributed by atoms with E-state index in [-0.39, 0.29) is 23.5 Å². The molecule has 2 aromatic heterocycles. The van der Waals surface area contributed by atoms with Gasteiger partial charge in [0.15, 0.2) is 0 Å². The zero-order chi connectivity index (χ0) is 24.0. The zero-order valence-electron chi connectivity index (χ0n) is 18.2. The molecule has 2 heterocycles. The van der Waals surface area contributed by atoms with Gasteiger partial charge >= 0.3 is 6.18 Å². The summed E-state index contributed by atoms with van der Waals surface area (Å²) in [5.74, 6) is -0.335. The summed E-state index contributed by atoms with van der Waals surface area (Å²) in [4.78, 5) is 35.2. The van der Waals surface area contributed by atoms with Crippen LogP contribution < -0.4 is 11.3 Å². The van der Waals surface area contributed by atoms with Gasteiger partial charge in [-0.25, -0.2) is 4.98 Å². The van der Waals surface area contributed by atoms with Crippen LogP contribution in [0.15, 0.2) is 47.4 Å².